The van der Waals surface area contributed by atoms with E-state index < -0.39 is 0 Å². The number of hydrazine groups is 1. The maximum Gasteiger partial charge on any atom is 0.262 e. The van der Waals surface area contributed by atoms with Crippen molar-refractivity contribution in [1.29, 1.82) is 0 Å². The van der Waals surface area contributed by atoms with Crippen LogP contribution in [0.4, 0.5) is 0 Å². The van der Waals surface area contributed by atoms with Gasteiger partial charge >= 0.3 is 0 Å². The van der Waals surface area contributed by atoms with Gasteiger partial charge in [0.25, 0.3) is 5.91 Å². The number of carbonyl (C=O) groups is 1. The summed E-state index contributed by atoms with van der Waals surface area (Å²) in [5.74, 6) is -0.264. The van der Waals surface area contributed by atoms with Crippen LogP contribution in [0.25, 0.3) is 0 Å². The van der Waals surface area contributed by atoms with Crippen molar-refractivity contribution >= 4 is 5.91 Å². The van der Waals surface area contributed by atoms with E-state index in [0.717, 1.165) is 0 Å². The van der Waals surface area contributed by atoms with E-state index in [2.05, 4.69) is 5.43 Å². The summed E-state index contributed by atoms with van der Waals surface area (Å²) in [6, 6.07) is 0. The summed E-state index contributed by atoms with van der Waals surface area (Å²) in [6.45, 7) is 0.551. The summed E-state index contributed by atoms with van der Waals surface area (Å²) >= 11 is 0. The summed E-state index contributed by atoms with van der Waals surface area (Å²) < 4.78 is 0. The van der Waals surface area contributed by atoms with E-state index in [1.807, 2.05) is 0 Å². The second-order valence-electron chi connectivity index (χ2n) is 1.36. The fraction of sp³-hybridized carbons (Fsp3) is 0.667. The zero-order valence-corrected chi connectivity index (χ0v) is 3.72. The smallest absolute Gasteiger partial charge is 0.262 e. The van der Waals surface area contributed by atoms with Crippen molar-refractivity contribution in [3.8, 4) is 0 Å². The minimum Gasteiger partial charge on any atom is -0.271 e. The number of nitrogens with one attached hydrogen (secondary N) is 1. The predicted molar refractivity (Wildman–Crippen MR) is 21.3 cm³/mol. The van der Waals surface area contributed by atoms with Crippen LogP contribution in [0.2, 0.25) is 0 Å². The largest absolute Gasteiger partial charge is 0.271 e. The van der Waals surface area contributed by atoms with E-state index in [9.17, 15) is 4.79 Å². The van der Waals surface area contributed by atoms with Crippen molar-refractivity contribution in [3.63, 3.8) is 0 Å². The van der Waals surface area contributed by atoms with E-state index in [1.54, 1.807) is 0 Å². The lowest BCUT2D eigenvalue weighted by atomic mass is 10.5. The maximum absolute atomic E-state index is 10.2. The second kappa shape index (κ2) is 1.48. The topological polar surface area (TPSA) is 52.6 Å². The number of rotatable bonds is 0. The molecule has 1 heterocycles. The number of hydroxylamine groups is 1. The maximum atomic E-state index is 10.2. The molecule has 1 aliphatic heterocycles. The SMILES string of the molecule is O=C1CCNN1O. The molecular weight excluding hydrogens is 96.0 g/mol. The van der Waals surface area contributed by atoms with Crippen LogP contribution in [0.5, 0.6) is 0 Å². The molecule has 0 spiro atoms. The molecule has 0 aliphatic carbocycles. The third kappa shape index (κ3) is 0.703. The van der Waals surface area contributed by atoms with Gasteiger partial charge in [-0.05, 0) is 0 Å². The molecule has 1 saturated heterocycles. The van der Waals surface area contributed by atoms with Gasteiger partial charge in [0, 0.05) is 13.0 Å². The van der Waals surface area contributed by atoms with E-state index in [1.165, 1.54) is 0 Å². The Morgan fingerprint density at radius 3 is 2.71 bits per heavy atom. The standard InChI is InChI=1S/C3H6N2O2/c6-3-1-2-4-5(3)7/h4,7H,1-2H2. The van der Waals surface area contributed by atoms with Crippen molar-refractivity contribution in [2.45, 2.75) is 6.42 Å². The van der Waals surface area contributed by atoms with Gasteiger partial charge in [-0.25, -0.2) is 5.43 Å². The zero-order chi connectivity index (χ0) is 5.28. The van der Waals surface area contributed by atoms with E-state index in [0.29, 0.717) is 18.1 Å². The lowest BCUT2D eigenvalue weighted by Gasteiger charge is -2.01. The Morgan fingerprint density at radius 2 is 2.57 bits per heavy atom. The first-order valence-corrected chi connectivity index (χ1v) is 2.06. The van der Waals surface area contributed by atoms with E-state index in [-0.39, 0.29) is 5.91 Å². The second-order valence-corrected chi connectivity index (χ2v) is 1.36. The molecule has 2 N–H and O–H groups in total. The molecule has 0 saturated carbocycles. The molecule has 0 bridgehead atoms. The minimum absolute atomic E-state index is 0.264. The molecule has 1 rings (SSSR count). The Morgan fingerprint density at radius 1 is 1.86 bits per heavy atom. The zero-order valence-electron chi connectivity index (χ0n) is 3.72. The Labute approximate surface area is 40.7 Å². The molecule has 0 radical (unpaired) electrons. The van der Waals surface area contributed by atoms with Gasteiger partial charge in [0.2, 0.25) is 0 Å². The summed E-state index contributed by atoms with van der Waals surface area (Å²) in [6.07, 6.45) is 0.399. The molecule has 4 nitrogen and oxygen atoms in total. The van der Waals surface area contributed by atoms with Gasteiger partial charge in [0.15, 0.2) is 0 Å². The Bertz CT molecular complexity index is 92.9. The molecule has 7 heavy (non-hydrogen) atoms. The van der Waals surface area contributed by atoms with Crippen LogP contribution in [0.3, 0.4) is 0 Å². The Hall–Kier alpha value is -0.610. The molecule has 0 atom stereocenters. The quantitative estimate of drug-likeness (QED) is 0.390. The van der Waals surface area contributed by atoms with Gasteiger partial charge in [0.05, 0.1) is 0 Å². The highest BCUT2D eigenvalue weighted by atomic mass is 16.6. The predicted octanol–water partition coefficient (Wildman–Crippen LogP) is -0.888. The molecule has 40 valence electrons. The van der Waals surface area contributed by atoms with Gasteiger partial charge in [-0.2, -0.15) is 5.17 Å². The number of carbonyl (C=O) groups excluding carboxylic acids is 1. The summed E-state index contributed by atoms with van der Waals surface area (Å²) in [5.41, 5.74) is 2.41. The molecule has 1 aliphatic rings. The van der Waals surface area contributed by atoms with Crippen LogP contribution in [-0.4, -0.2) is 22.8 Å². The van der Waals surface area contributed by atoms with Gasteiger partial charge < -0.3 is 0 Å². The summed E-state index contributed by atoms with van der Waals surface area (Å²) in [7, 11) is 0. The molecule has 0 aromatic rings. The van der Waals surface area contributed by atoms with E-state index >= 15 is 0 Å². The lowest BCUT2D eigenvalue weighted by molar-refractivity contribution is -0.168. The highest BCUT2D eigenvalue weighted by Crippen LogP contribution is 1.91. The first kappa shape index (κ1) is 4.55. The van der Waals surface area contributed by atoms with Gasteiger partial charge in [0.1, 0.15) is 0 Å². The van der Waals surface area contributed by atoms with Crippen LogP contribution < -0.4 is 5.43 Å². The average molecular weight is 102 g/mol. The lowest BCUT2D eigenvalue weighted by Crippen LogP contribution is -2.29. The molecule has 1 amide bonds. The van der Waals surface area contributed by atoms with Crippen LogP contribution in [-0.2, 0) is 4.79 Å². The molecular formula is C3H6N2O2. The van der Waals surface area contributed by atoms with Crippen molar-refractivity contribution < 1.29 is 10.0 Å². The fourth-order valence-electron chi connectivity index (χ4n) is 0.463. The van der Waals surface area contributed by atoms with Crippen LogP contribution >= 0.6 is 0 Å². The number of hydrogen-bond donors (Lipinski definition) is 2. The fourth-order valence-corrected chi connectivity index (χ4v) is 0.463. The highest BCUT2D eigenvalue weighted by molar-refractivity contribution is 5.76. The average Bonchev–Trinajstić information content (AvgIpc) is 1.91. The van der Waals surface area contributed by atoms with Crippen molar-refractivity contribution in [1.82, 2.24) is 10.6 Å². The normalized spacial score (nSPS) is 21.3. The highest BCUT2D eigenvalue weighted by Gasteiger charge is 2.16. The molecule has 4 heteroatoms. The third-order valence-electron chi connectivity index (χ3n) is 0.837. The monoisotopic (exact) mass is 102 g/mol. The van der Waals surface area contributed by atoms with Crippen LogP contribution in [0.15, 0.2) is 0 Å². The van der Waals surface area contributed by atoms with Gasteiger partial charge in [-0.15, -0.1) is 0 Å². The Kier molecular flexibility index (Phi) is 0.958. The van der Waals surface area contributed by atoms with E-state index in [4.69, 9.17) is 5.21 Å². The van der Waals surface area contributed by atoms with Crippen molar-refractivity contribution in [3.05, 3.63) is 0 Å². The summed E-state index contributed by atoms with van der Waals surface area (Å²) in [5, 5.41) is 8.88. The summed E-state index contributed by atoms with van der Waals surface area (Å²) in [4.78, 5) is 10.2. The molecule has 1 fully saturated rings. The van der Waals surface area contributed by atoms with Crippen LogP contribution in [0, 0.1) is 0 Å². The molecule has 0 aromatic heterocycles. The number of hydrogen-bond acceptors (Lipinski definition) is 3. The van der Waals surface area contributed by atoms with Gasteiger partial charge in [-0.3, -0.25) is 10.0 Å². The minimum atomic E-state index is -0.264. The molecule has 0 unspecified atom stereocenters. The third-order valence-corrected chi connectivity index (χ3v) is 0.837. The first-order chi connectivity index (χ1) is 3.30. The van der Waals surface area contributed by atoms with Crippen LogP contribution in [0.1, 0.15) is 6.42 Å². The van der Waals surface area contributed by atoms with Crippen molar-refractivity contribution in [2.75, 3.05) is 6.54 Å². The van der Waals surface area contributed by atoms with Crippen molar-refractivity contribution in [2.24, 2.45) is 0 Å². The number of nitrogens with zero attached hydrogens (tertiary/aromatic N) is 1. The Balaban J connectivity index is 2.48. The first-order valence-electron chi connectivity index (χ1n) is 2.06. The number of amides is 1. The molecule has 0 aromatic carbocycles. The van der Waals surface area contributed by atoms with Gasteiger partial charge in [-0.1, -0.05) is 0 Å².